The molecule has 0 saturated heterocycles. The molecule has 13 heavy (non-hydrogen) atoms. The van der Waals surface area contributed by atoms with Crippen molar-refractivity contribution in [1.82, 2.24) is 10.2 Å². The van der Waals surface area contributed by atoms with Crippen molar-refractivity contribution in [2.24, 2.45) is 5.73 Å². The number of nitrogens with one attached hydrogen (secondary N) is 1. The van der Waals surface area contributed by atoms with Gasteiger partial charge in [-0.15, -0.1) is 0 Å². The van der Waals surface area contributed by atoms with Crippen LogP contribution in [-0.2, 0) is 0 Å². The number of hydrogen-bond donors (Lipinski definition) is 2. The normalized spacial score (nSPS) is 26.8. The number of amides is 2. The standard InChI is InChI=1S/C9H19N3O/c1-6(2)11-9(13)12(3)8-4-7(10)5-8/h6-8H,4-5,10H2,1-3H3,(H,11,13). The molecule has 4 nitrogen and oxygen atoms in total. The number of carbonyl (C=O) groups is 1. The molecular formula is C9H19N3O. The van der Waals surface area contributed by atoms with E-state index >= 15 is 0 Å². The molecule has 0 radical (unpaired) electrons. The van der Waals surface area contributed by atoms with Gasteiger partial charge in [0.05, 0.1) is 0 Å². The second kappa shape index (κ2) is 3.96. The molecule has 0 heterocycles. The highest BCUT2D eigenvalue weighted by Gasteiger charge is 2.31. The zero-order valence-electron chi connectivity index (χ0n) is 8.58. The van der Waals surface area contributed by atoms with E-state index in [1.54, 1.807) is 4.90 Å². The molecule has 0 spiro atoms. The fraction of sp³-hybridized carbons (Fsp3) is 0.889. The third-order valence-corrected chi connectivity index (χ3v) is 2.43. The van der Waals surface area contributed by atoms with Gasteiger partial charge in [-0.1, -0.05) is 0 Å². The molecule has 0 aromatic carbocycles. The Kier molecular flexibility index (Phi) is 3.14. The number of urea groups is 1. The minimum atomic E-state index is 0.00639. The van der Waals surface area contributed by atoms with Crippen molar-refractivity contribution >= 4 is 6.03 Å². The van der Waals surface area contributed by atoms with Gasteiger partial charge >= 0.3 is 6.03 Å². The Balaban J connectivity index is 2.30. The fourth-order valence-corrected chi connectivity index (χ4v) is 1.46. The van der Waals surface area contributed by atoms with Crippen LogP contribution in [0.1, 0.15) is 26.7 Å². The maximum absolute atomic E-state index is 11.5. The monoisotopic (exact) mass is 185 g/mol. The van der Waals surface area contributed by atoms with Crippen molar-refractivity contribution in [3.63, 3.8) is 0 Å². The molecule has 1 fully saturated rings. The highest BCUT2D eigenvalue weighted by atomic mass is 16.2. The lowest BCUT2D eigenvalue weighted by molar-refractivity contribution is 0.143. The van der Waals surface area contributed by atoms with Gasteiger partial charge in [0.15, 0.2) is 0 Å². The molecule has 1 saturated carbocycles. The average Bonchev–Trinajstić information content (AvgIpc) is 1.96. The number of rotatable bonds is 2. The molecule has 2 amide bonds. The SMILES string of the molecule is CC(C)NC(=O)N(C)C1CC(N)C1. The number of nitrogens with zero attached hydrogens (tertiary/aromatic N) is 1. The Morgan fingerprint density at radius 2 is 2.08 bits per heavy atom. The van der Waals surface area contributed by atoms with Gasteiger partial charge in [-0.3, -0.25) is 0 Å². The first kappa shape index (κ1) is 10.3. The molecule has 3 N–H and O–H groups in total. The van der Waals surface area contributed by atoms with Crippen LogP contribution in [0.25, 0.3) is 0 Å². The van der Waals surface area contributed by atoms with Crippen LogP contribution in [0.15, 0.2) is 0 Å². The van der Waals surface area contributed by atoms with E-state index in [0.717, 1.165) is 12.8 Å². The van der Waals surface area contributed by atoms with Gasteiger partial charge in [0, 0.05) is 25.2 Å². The predicted molar refractivity (Wildman–Crippen MR) is 52.4 cm³/mol. The van der Waals surface area contributed by atoms with Crippen LogP contribution in [-0.4, -0.2) is 36.1 Å². The van der Waals surface area contributed by atoms with E-state index in [1.807, 2.05) is 20.9 Å². The maximum atomic E-state index is 11.5. The minimum absolute atomic E-state index is 0.00639. The summed E-state index contributed by atoms with van der Waals surface area (Å²) in [6, 6.07) is 0.837. The Morgan fingerprint density at radius 3 is 2.46 bits per heavy atom. The second-order valence-electron chi connectivity index (χ2n) is 4.10. The molecule has 0 aromatic rings. The van der Waals surface area contributed by atoms with Gasteiger partial charge in [0.1, 0.15) is 0 Å². The van der Waals surface area contributed by atoms with E-state index in [-0.39, 0.29) is 12.1 Å². The molecular weight excluding hydrogens is 166 g/mol. The molecule has 1 aliphatic carbocycles. The van der Waals surface area contributed by atoms with Crippen molar-refractivity contribution in [3.05, 3.63) is 0 Å². The van der Waals surface area contributed by atoms with Crippen LogP contribution in [0, 0.1) is 0 Å². The van der Waals surface area contributed by atoms with Gasteiger partial charge < -0.3 is 16.0 Å². The van der Waals surface area contributed by atoms with E-state index in [1.165, 1.54) is 0 Å². The molecule has 0 unspecified atom stereocenters. The van der Waals surface area contributed by atoms with E-state index in [9.17, 15) is 4.79 Å². The van der Waals surface area contributed by atoms with Gasteiger partial charge in [-0.25, -0.2) is 4.79 Å². The van der Waals surface area contributed by atoms with Gasteiger partial charge in [0.25, 0.3) is 0 Å². The molecule has 4 heteroatoms. The summed E-state index contributed by atoms with van der Waals surface area (Å²) in [4.78, 5) is 13.2. The summed E-state index contributed by atoms with van der Waals surface area (Å²) in [5, 5.41) is 2.85. The lowest BCUT2D eigenvalue weighted by atomic mass is 9.87. The Bertz CT molecular complexity index is 187. The summed E-state index contributed by atoms with van der Waals surface area (Å²) >= 11 is 0. The smallest absolute Gasteiger partial charge is 0.317 e. The quantitative estimate of drug-likeness (QED) is 0.659. The molecule has 0 aliphatic heterocycles. The van der Waals surface area contributed by atoms with E-state index < -0.39 is 0 Å². The lowest BCUT2D eigenvalue weighted by Crippen LogP contribution is -2.54. The first-order valence-corrected chi connectivity index (χ1v) is 4.79. The predicted octanol–water partition coefficient (Wildman–Crippen LogP) is 0.526. The molecule has 1 rings (SSSR count). The molecule has 76 valence electrons. The molecule has 1 aliphatic rings. The first-order chi connectivity index (χ1) is 6.00. The molecule has 0 bridgehead atoms. The van der Waals surface area contributed by atoms with Gasteiger partial charge in [0.2, 0.25) is 0 Å². The maximum Gasteiger partial charge on any atom is 0.317 e. The van der Waals surface area contributed by atoms with E-state index in [4.69, 9.17) is 5.73 Å². The summed E-state index contributed by atoms with van der Waals surface area (Å²) in [5.74, 6) is 0. The second-order valence-corrected chi connectivity index (χ2v) is 4.10. The van der Waals surface area contributed by atoms with Crippen LogP contribution in [0.5, 0.6) is 0 Å². The summed E-state index contributed by atoms with van der Waals surface area (Å²) in [7, 11) is 1.83. The molecule has 0 aromatic heterocycles. The Hall–Kier alpha value is -0.770. The number of carbonyl (C=O) groups excluding carboxylic acids is 1. The van der Waals surface area contributed by atoms with E-state index in [0.29, 0.717) is 12.1 Å². The highest BCUT2D eigenvalue weighted by Crippen LogP contribution is 2.22. The average molecular weight is 185 g/mol. The summed E-state index contributed by atoms with van der Waals surface area (Å²) in [6.45, 7) is 3.91. The summed E-state index contributed by atoms with van der Waals surface area (Å²) in [6.07, 6.45) is 1.87. The first-order valence-electron chi connectivity index (χ1n) is 4.79. The highest BCUT2D eigenvalue weighted by molar-refractivity contribution is 5.74. The van der Waals surface area contributed by atoms with Crippen molar-refractivity contribution in [2.45, 2.75) is 44.8 Å². The van der Waals surface area contributed by atoms with Crippen molar-refractivity contribution in [3.8, 4) is 0 Å². The van der Waals surface area contributed by atoms with E-state index in [2.05, 4.69) is 5.32 Å². The van der Waals surface area contributed by atoms with Gasteiger partial charge in [-0.05, 0) is 26.7 Å². The minimum Gasteiger partial charge on any atom is -0.336 e. The summed E-state index contributed by atoms with van der Waals surface area (Å²) in [5.41, 5.74) is 5.65. The lowest BCUT2D eigenvalue weighted by Gasteiger charge is -2.39. The number of nitrogens with two attached hydrogens (primary N) is 1. The third-order valence-electron chi connectivity index (χ3n) is 2.43. The van der Waals surface area contributed by atoms with Crippen molar-refractivity contribution in [1.29, 1.82) is 0 Å². The van der Waals surface area contributed by atoms with Crippen LogP contribution in [0.2, 0.25) is 0 Å². The Labute approximate surface area is 79.5 Å². The number of hydrogen-bond acceptors (Lipinski definition) is 2. The van der Waals surface area contributed by atoms with Crippen LogP contribution >= 0.6 is 0 Å². The largest absolute Gasteiger partial charge is 0.336 e. The Morgan fingerprint density at radius 1 is 1.54 bits per heavy atom. The third kappa shape index (κ3) is 2.59. The zero-order chi connectivity index (χ0) is 10.0. The summed E-state index contributed by atoms with van der Waals surface area (Å²) < 4.78 is 0. The zero-order valence-corrected chi connectivity index (χ0v) is 8.58. The van der Waals surface area contributed by atoms with Crippen molar-refractivity contribution in [2.75, 3.05) is 7.05 Å². The molecule has 0 atom stereocenters. The van der Waals surface area contributed by atoms with Crippen LogP contribution in [0.3, 0.4) is 0 Å². The van der Waals surface area contributed by atoms with Crippen molar-refractivity contribution < 1.29 is 4.79 Å². The van der Waals surface area contributed by atoms with Crippen LogP contribution in [0.4, 0.5) is 4.79 Å². The van der Waals surface area contributed by atoms with Gasteiger partial charge in [-0.2, -0.15) is 0 Å². The van der Waals surface area contributed by atoms with Crippen LogP contribution < -0.4 is 11.1 Å². The topological polar surface area (TPSA) is 58.4 Å². The fourth-order valence-electron chi connectivity index (χ4n) is 1.46.